The van der Waals surface area contributed by atoms with Crippen molar-refractivity contribution in [3.63, 3.8) is 0 Å². The number of anilines is 1. The molecular formula is C24H38N2O2. The molecule has 28 heavy (non-hydrogen) atoms. The minimum Gasteiger partial charge on any atom is -0.491 e. The van der Waals surface area contributed by atoms with Crippen LogP contribution in [0, 0.1) is 0 Å². The zero-order valence-electron chi connectivity index (χ0n) is 18.2. The Bertz CT molecular complexity index is 608. The first-order valence-corrected chi connectivity index (χ1v) is 11.0. The van der Waals surface area contributed by atoms with E-state index >= 15 is 0 Å². The molecule has 1 aromatic rings. The standard InChI is InChI=1S/C24H38N2O2/c1-19(2)9-16-26(22-5-7-24(8-6-22)28-20(3)4)23-10-14-25(15-11-23)21-12-17-27-18-13-21/h5-9,20-21,23H,10-18H2,1-4H3. The van der Waals surface area contributed by atoms with Gasteiger partial charge in [-0.1, -0.05) is 11.6 Å². The summed E-state index contributed by atoms with van der Waals surface area (Å²) in [7, 11) is 0. The van der Waals surface area contributed by atoms with Gasteiger partial charge in [0.15, 0.2) is 0 Å². The van der Waals surface area contributed by atoms with Crippen LogP contribution in [0.1, 0.15) is 53.4 Å². The second kappa shape index (κ2) is 10.3. The fourth-order valence-electron chi connectivity index (χ4n) is 4.35. The topological polar surface area (TPSA) is 24.9 Å². The summed E-state index contributed by atoms with van der Waals surface area (Å²) in [4.78, 5) is 5.30. The molecule has 4 nitrogen and oxygen atoms in total. The zero-order chi connectivity index (χ0) is 19.9. The van der Waals surface area contributed by atoms with Crippen LogP contribution in [-0.2, 0) is 4.74 Å². The molecule has 1 aromatic carbocycles. The van der Waals surface area contributed by atoms with Crippen LogP contribution < -0.4 is 9.64 Å². The van der Waals surface area contributed by atoms with Crippen molar-refractivity contribution < 1.29 is 9.47 Å². The lowest BCUT2D eigenvalue weighted by Gasteiger charge is -2.43. The molecule has 0 aliphatic carbocycles. The lowest BCUT2D eigenvalue weighted by atomic mass is 9.98. The first-order valence-electron chi connectivity index (χ1n) is 11.0. The van der Waals surface area contributed by atoms with Crippen molar-refractivity contribution in [3.8, 4) is 5.75 Å². The van der Waals surface area contributed by atoms with Crippen LogP contribution in [0.5, 0.6) is 5.75 Å². The Balaban J connectivity index is 1.65. The van der Waals surface area contributed by atoms with Crippen molar-refractivity contribution in [3.05, 3.63) is 35.9 Å². The summed E-state index contributed by atoms with van der Waals surface area (Å²) in [5.41, 5.74) is 2.68. The van der Waals surface area contributed by atoms with Gasteiger partial charge in [-0.25, -0.2) is 0 Å². The number of allylic oxidation sites excluding steroid dienone is 1. The molecule has 3 rings (SSSR count). The van der Waals surface area contributed by atoms with Crippen molar-refractivity contribution in [2.24, 2.45) is 0 Å². The maximum atomic E-state index is 5.83. The van der Waals surface area contributed by atoms with Crippen LogP contribution in [0.15, 0.2) is 35.9 Å². The molecule has 0 amide bonds. The summed E-state index contributed by atoms with van der Waals surface area (Å²) in [6.07, 6.45) is 7.43. The quantitative estimate of drug-likeness (QED) is 0.623. The predicted octanol–water partition coefficient (Wildman–Crippen LogP) is 4.89. The number of piperidine rings is 1. The summed E-state index contributed by atoms with van der Waals surface area (Å²) in [6, 6.07) is 10.0. The number of hydrogen-bond donors (Lipinski definition) is 0. The molecule has 0 N–H and O–H groups in total. The van der Waals surface area contributed by atoms with E-state index in [0.717, 1.165) is 31.5 Å². The van der Waals surface area contributed by atoms with Gasteiger partial charge >= 0.3 is 0 Å². The van der Waals surface area contributed by atoms with Gasteiger partial charge in [0.1, 0.15) is 5.75 Å². The molecule has 0 aromatic heterocycles. The smallest absolute Gasteiger partial charge is 0.119 e. The van der Waals surface area contributed by atoms with Gasteiger partial charge in [-0.2, -0.15) is 0 Å². The van der Waals surface area contributed by atoms with Crippen LogP contribution in [0.25, 0.3) is 0 Å². The van der Waals surface area contributed by atoms with E-state index < -0.39 is 0 Å². The monoisotopic (exact) mass is 386 g/mol. The molecule has 0 unspecified atom stereocenters. The van der Waals surface area contributed by atoms with Crippen LogP contribution in [0.3, 0.4) is 0 Å². The second-order valence-corrected chi connectivity index (χ2v) is 8.71. The molecule has 0 spiro atoms. The van der Waals surface area contributed by atoms with Gasteiger partial charge in [0, 0.05) is 50.6 Å². The fraction of sp³-hybridized carbons (Fsp3) is 0.667. The maximum Gasteiger partial charge on any atom is 0.119 e. The van der Waals surface area contributed by atoms with Gasteiger partial charge in [0.05, 0.1) is 6.10 Å². The summed E-state index contributed by atoms with van der Waals surface area (Å²) in [6.45, 7) is 13.8. The number of likely N-dealkylation sites (tertiary alicyclic amines) is 1. The first-order chi connectivity index (χ1) is 13.5. The Kier molecular flexibility index (Phi) is 7.81. The van der Waals surface area contributed by atoms with Crippen molar-refractivity contribution in [1.82, 2.24) is 4.90 Å². The average molecular weight is 387 g/mol. The van der Waals surface area contributed by atoms with Crippen LogP contribution in [-0.4, -0.2) is 55.9 Å². The molecule has 156 valence electrons. The van der Waals surface area contributed by atoms with E-state index in [1.165, 1.54) is 50.0 Å². The Morgan fingerprint density at radius 1 is 1.11 bits per heavy atom. The van der Waals surface area contributed by atoms with Gasteiger partial charge in [-0.3, -0.25) is 0 Å². The van der Waals surface area contributed by atoms with Crippen LogP contribution in [0.2, 0.25) is 0 Å². The third-order valence-corrected chi connectivity index (χ3v) is 5.88. The molecule has 4 heteroatoms. The lowest BCUT2D eigenvalue weighted by molar-refractivity contribution is 0.0252. The Hall–Kier alpha value is -1.52. The molecule has 0 saturated carbocycles. The highest BCUT2D eigenvalue weighted by Crippen LogP contribution is 2.28. The van der Waals surface area contributed by atoms with Crippen molar-refractivity contribution in [2.45, 2.75) is 71.6 Å². The van der Waals surface area contributed by atoms with Crippen molar-refractivity contribution >= 4 is 5.69 Å². The SMILES string of the molecule is CC(C)=CCN(c1ccc(OC(C)C)cc1)C1CCN(C2CCOCC2)CC1. The van der Waals surface area contributed by atoms with Gasteiger partial charge in [-0.05, 0) is 77.6 Å². The zero-order valence-corrected chi connectivity index (χ0v) is 18.2. The van der Waals surface area contributed by atoms with E-state index in [9.17, 15) is 0 Å². The first kappa shape index (κ1) is 21.2. The van der Waals surface area contributed by atoms with E-state index in [1.807, 2.05) is 0 Å². The largest absolute Gasteiger partial charge is 0.491 e. The van der Waals surface area contributed by atoms with E-state index in [0.29, 0.717) is 6.04 Å². The minimum absolute atomic E-state index is 0.210. The highest BCUT2D eigenvalue weighted by Gasteiger charge is 2.29. The van der Waals surface area contributed by atoms with Crippen LogP contribution in [0.4, 0.5) is 5.69 Å². The van der Waals surface area contributed by atoms with E-state index in [-0.39, 0.29) is 6.10 Å². The molecule has 2 fully saturated rings. The summed E-state index contributed by atoms with van der Waals surface area (Å²) < 4.78 is 11.4. The number of nitrogens with zero attached hydrogens (tertiary/aromatic N) is 2. The van der Waals surface area contributed by atoms with Gasteiger partial charge in [0.2, 0.25) is 0 Å². The molecule has 0 atom stereocenters. The minimum atomic E-state index is 0.210. The molecule has 2 heterocycles. The summed E-state index contributed by atoms with van der Waals surface area (Å²) in [5.74, 6) is 0.954. The van der Waals surface area contributed by atoms with Crippen LogP contribution >= 0.6 is 0 Å². The normalized spacial score (nSPS) is 19.6. The van der Waals surface area contributed by atoms with E-state index in [4.69, 9.17) is 9.47 Å². The highest BCUT2D eigenvalue weighted by atomic mass is 16.5. The molecule has 0 bridgehead atoms. The van der Waals surface area contributed by atoms with Gasteiger partial charge in [-0.15, -0.1) is 0 Å². The summed E-state index contributed by atoms with van der Waals surface area (Å²) in [5, 5.41) is 0. The van der Waals surface area contributed by atoms with Gasteiger partial charge in [0.25, 0.3) is 0 Å². The highest BCUT2D eigenvalue weighted by molar-refractivity contribution is 5.51. The molecular weight excluding hydrogens is 348 g/mol. The van der Waals surface area contributed by atoms with Crippen molar-refractivity contribution in [2.75, 3.05) is 37.7 Å². The third-order valence-electron chi connectivity index (χ3n) is 5.88. The Morgan fingerprint density at radius 3 is 2.32 bits per heavy atom. The van der Waals surface area contributed by atoms with E-state index in [1.54, 1.807) is 0 Å². The molecule has 2 aliphatic heterocycles. The maximum absolute atomic E-state index is 5.83. The Morgan fingerprint density at radius 2 is 1.75 bits per heavy atom. The van der Waals surface area contributed by atoms with E-state index in [2.05, 4.69) is 67.8 Å². The van der Waals surface area contributed by atoms with Crippen molar-refractivity contribution in [1.29, 1.82) is 0 Å². The third kappa shape index (κ3) is 5.99. The predicted molar refractivity (Wildman–Crippen MR) is 117 cm³/mol. The Labute approximate surface area is 171 Å². The molecule has 2 saturated heterocycles. The summed E-state index contributed by atoms with van der Waals surface area (Å²) >= 11 is 0. The lowest BCUT2D eigenvalue weighted by Crippen LogP contribution is -2.49. The molecule has 0 radical (unpaired) electrons. The van der Waals surface area contributed by atoms with Gasteiger partial charge < -0.3 is 19.3 Å². The number of ether oxygens (including phenoxy) is 2. The second-order valence-electron chi connectivity index (χ2n) is 8.71. The average Bonchev–Trinajstić information content (AvgIpc) is 2.70. The number of hydrogen-bond acceptors (Lipinski definition) is 4. The number of rotatable bonds is 7. The fourth-order valence-corrected chi connectivity index (χ4v) is 4.35. The number of benzene rings is 1. The molecule has 2 aliphatic rings.